The summed E-state index contributed by atoms with van der Waals surface area (Å²) in [6.45, 7) is 3.38. The van der Waals surface area contributed by atoms with E-state index in [1.807, 2.05) is 17.7 Å². The number of esters is 1. The van der Waals surface area contributed by atoms with Gasteiger partial charge in [-0.3, -0.25) is 9.36 Å². The van der Waals surface area contributed by atoms with Gasteiger partial charge < -0.3 is 14.8 Å². The molecule has 0 saturated heterocycles. The highest BCUT2D eigenvalue weighted by molar-refractivity contribution is 7.98. The van der Waals surface area contributed by atoms with Crippen LogP contribution in [0.5, 0.6) is 5.75 Å². The number of ether oxygens (including phenoxy) is 2. The lowest BCUT2D eigenvalue weighted by molar-refractivity contribution is -0.123. The SMILES string of the molecule is COc1ccc(NC(=O)C(C)OC(=O)c2ccc(-n3c(C)nnc3SC)cc2)cc1. The van der Waals surface area contributed by atoms with Crippen LogP contribution in [0.15, 0.2) is 53.7 Å². The van der Waals surface area contributed by atoms with E-state index in [2.05, 4.69) is 15.5 Å². The van der Waals surface area contributed by atoms with Gasteiger partial charge in [-0.1, -0.05) is 11.8 Å². The number of rotatable bonds is 7. The zero-order chi connectivity index (χ0) is 21.7. The van der Waals surface area contributed by atoms with Crippen molar-refractivity contribution < 1.29 is 19.1 Å². The number of benzene rings is 2. The summed E-state index contributed by atoms with van der Waals surface area (Å²) < 4.78 is 12.3. The number of carbonyl (C=O) groups excluding carboxylic acids is 2. The zero-order valence-electron chi connectivity index (χ0n) is 17.1. The van der Waals surface area contributed by atoms with Crippen molar-refractivity contribution in [2.45, 2.75) is 25.1 Å². The van der Waals surface area contributed by atoms with Crippen molar-refractivity contribution in [1.29, 1.82) is 0 Å². The Bertz CT molecular complexity index is 1030. The maximum atomic E-state index is 12.4. The molecule has 0 saturated carbocycles. The van der Waals surface area contributed by atoms with Gasteiger partial charge in [0.2, 0.25) is 0 Å². The molecule has 0 bridgehead atoms. The van der Waals surface area contributed by atoms with E-state index in [4.69, 9.17) is 9.47 Å². The normalized spacial score (nSPS) is 11.6. The molecule has 0 spiro atoms. The molecule has 0 fully saturated rings. The number of nitrogens with zero attached hydrogens (tertiary/aromatic N) is 3. The monoisotopic (exact) mass is 426 g/mol. The van der Waals surface area contributed by atoms with Crippen LogP contribution in [0.3, 0.4) is 0 Å². The second kappa shape index (κ2) is 9.45. The molecule has 2 aromatic carbocycles. The van der Waals surface area contributed by atoms with E-state index in [1.165, 1.54) is 18.7 Å². The number of hydrogen-bond donors (Lipinski definition) is 1. The Hall–Kier alpha value is -3.33. The highest BCUT2D eigenvalue weighted by atomic mass is 32.2. The number of hydrogen-bond acceptors (Lipinski definition) is 7. The van der Waals surface area contributed by atoms with Gasteiger partial charge in [0.25, 0.3) is 5.91 Å². The fraction of sp³-hybridized carbons (Fsp3) is 0.238. The highest BCUT2D eigenvalue weighted by Crippen LogP contribution is 2.20. The first-order valence-corrected chi connectivity index (χ1v) is 10.4. The van der Waals surface area contributed by atoms with Crippen LogP contribution >= 0.6 is 11.8 Å². The van der Waals surface area contributed by atoms with Gasteiger partial charge in [0.05, 0.1) is 12.7 Å². The summed E-state index contributed by atoms with van der Waals surface area (Å²) in [7, 11) is 1.57. The molecule has 1 amide bonds. The lowest BCUT2D eigenvalue weighted by Gasteiger charge is -2.14. The first kappa shape index (κ1) is 21.4. The van der Waals surface area contributed by atoms with Gasteiger partial charge in [0, 0.05) is 11.4 Å². The van der Waals surface area contributed by atoms with Crippen molar-refractivity contribution in [1.82, 2.24) is 14.8 Å². The average molecular weight is 426 g/mol. The molecule has 0 aliphatic heterocycles. The molecule has 156 valence electrons. The number of aromatic nitrogens is 3. The van der Waals surface area contributed by atoms with Crippen molar-refractivity contribution in [2.75, 3.05) is 18.7 Å². The van der Waals surface area contributed by atoms with E-state index < -0.39 is 18.0 Å². The molecule has 1 N–H and O–H groups in total. The van der Waals surface area contributed by atoms with Crippen LogP contribution in [0.1, 0.15) is 23.1 Å². The number of nitrogens with one attached hydrogen (secondary N) is 1. The van der Waals surface area contributed by atoms with Crippen LogP contribution in [0.2, 0.25) is 0 Å². The first-order valence-electron chi connectivity index (χ1n) is 9.15. The Morgan fingerprint density at radius 2 is 1.73 bits per heavy atom. The van der Waals surface area contributed by atoms with Crippen LogP contribution in [-0.4, -0.2) is 46.1 Å². The standard InChI is InChI=1S/C21H22N4O4S/c1-13(19(26)22-16-7-11-18(28-3)12-8-16)29-20(27)15-5-9-17(10-6-15)25-14(2)23-24-21(25)30-4/h5-13H,1-4H3,(H,22,26). The van der Waals surface area contributed by atoms with Crippen molar-refractivity contribution in [3.05, 3.63) is 59.9 Å². The van der Waals surface area contributed by atoms with Gasteiger partial charge in [-0.05, 0) is 68.6 Å². The Morgan fingerprint density at radius 1 is 1.07 bits per heavy atom. The molecule has 1 aromatic heterocycles. The summed E-state index contributed by atoms with van der Waals surface area (Å²) in [5.74, 6) is 0.431. The Labute approximate surface area is 178 Å². The van der Waals surface area contributed by atoms with Crippen molar-refractivity contribution in [2.24, 2.45) is 0 Å². The van der Waals surface area contributed by atoms with E-state index in [0.29, 0.717) is 17.0 Å². The highest BCUT2D eigenvalue weighted by Gasteiger charge is 2.19. The van der Waals surface area contributed by atoms with E-state index in [9.17, 15) is 9.59 Å². The van der Waals surface area contributed by atoms with E-state index >= 15 is 0 Å². The third kappa shape index (κ3) is 4.80. The van der Waals surface area contributed by atoms with Crippen molar-refractivity contribution in [3.63, 3.8) is 0 Å². The Balaban J connectivity index is 1.63. The van der Waals surface area contributed by atoms with Gasteiger partial charge in [0.15, 0.2) is 11.3 Å². The molecular formula is C21H22N4O4S. The molecule has 0 radical (unpaired) electrons. The molecule has 8 nitrogen and oxygen atoms in total. The van der Waals surface area contributed by atoms with Crippen LogP contribution in [0, 0.1) is 6.92 Å². The summed E-state index contributed by atoms with van der Waals surface area (Å²) in [5, 5.41) is 11.6. The van der Waals surface area contributed by atoms with E-state index in [-0.39, 0.29) is 0 Å². The summed E-state index contributed by atoms with van der Waals surface area (Å²) in [6, 6.07) is 13.7. The third-order valence-electron chi connectivity index (χ3n) is 4.35. The van der Waals surface area contributed by atoms with Gasteiger partial charge >= 0.3 is 5.97 Å². The minimum Gasteiger partial charge on any atom is -0.497 e. The maximum Gasteiger partial charge on any atom is 0.338 e. The lowest BCUT2D eigenvalue weighted by Crippen LogP contribution is -2.30. The van der Waals surface area contributed by atoms with Crippen molar-refractivity contribution in [3.8, 4) is 11.4 Å². The second-order valence-electron chi connectivity index (χ2n) is 6.38. The molecule has 1 heterocycles. The fourth-order valence-corrected chi connectivity index (χ4v) is 3.26. The predicted molar refractivity (Wildman–Crippen MR) is 114 cm³/mol. The topological polar surface area (TPSA) is 95.3 Å². The predicted octanol–water partition coefficient (Wildman–Crippen LogP) is 3.49. The van der Waals surface area contributed by atoms with Gasteiger partial charge in [0.1, 0.15) is 11.6 Å². The minimum absolute atomic E-state index is 0.347. The molecule has 30 heavy (non-hydrogen) atoms. The van der Waals surface area contributed by atoms with Crippen molar-refractivity contribution >= 4 is 29.3 Å². The smallest absolute Gasteiger partial charge is 0.338 e. The number of amides is 1. The summed E-state index contributed by atoms with van der Waals surface area (Å²) >= 11 is 1.48. The number of aryl methyl sites for hydroxylation is 1. The quantitative estimate of drug-likeness (QED) is 0.456. The van der Waals surface area contributed by atoms with Crippen LogP contribution in [-0.2, 0) is 9.53 Å². The first-order chi connectivity index (χ1) is 14.4. The average Bonchev–Trinajstić information content (AvgIpc) is 3.14. The Morgan fingerprint density at radius 3 is 2.33 bits per heavy atom. The molecule has 3 rings (SSSR count). The van der Waals surface area contributed by atoms with Gasteiger partial charge in [-0.25, -0.2) is 4.79 Å². The van der Waals surface area contributed by atoms with Crippen LogP contribution in [0.4, 0.5) is 5.69 Å². The number of anilines is 1. The number of thioether (sulfide) groups is 1. The molecule has 0 aliphatic rings. The molecule has 9 heteroatoms. The second-order valence-corrected chi connectivity index (χ2v) is 7.15. The van der Waals surface area contributed by atoms with Gasteiger partial charge in [-0.15, -0.1) is 10.2 Å². The zero-order valence-corrected chi connectivity index (χ0v) is 17.9. The third-order valence-corrected chi connectivity index (χ3v) is 4.98. The summed E-state index contributed by atoms with van der Waals surface area (Å²) in [5.41, 5.74) is 1.77. The van der Waals surface area contributed by atoms with E-state index in [1.54, 1.807) is 55.6 Å². The molecule has 1 atom stereocenters. The number of methoxy groups -OCH3 is 1. The van der Waals surface area contributed by atoms with Crippen LogP contribution < -0.4 is 10.1 Å². The molecule has 3 aromatic rings. The number of carbonyl (C=O) groups is 2. The van der Waals surface area contributed by atoms with Gasteiger partial charge in [-0.2, -0.15) is 0 Å². The minimum atomic E-state index is -0.956. The molecule has 1 unspecified atom stereocenters. The molecular weight excluding hydrogens is 404 g/mol. The van der Waals surface area contributed by atoms with Crippen LogP contribution in [0.25, 0.3) is 5.69 Å². The van der Waals surface area contributed by atoms with E-state index in [0.717, 1.165) is 16.7 Å². The fourth-order valence-electron chi connectivity index (χ4n) is 2.72. The summed E-state index contributed by atoms with van der Waals surface area (Å²) in [4.78, 5) is 24.7. The maximum absolute atomic E-state index is 12.4. The lowest BCUT2D eigenvalue weighted by atomic mass is 10.2. The molecule has 0 aliphatic carbocycles. The Kier molecular flexibility index (Phi) is 6.73. The largest absolute Gasteiger partial charge is 0.497 e. The summed E-state index contributed by atoms with van der Waals surface area (Å²) in [6.07, 6.45) is 0.965.